The van der Waals surface area contributed by atoms with Crippen LogP contribution in [0.3, 0.4) is 0 Å². The first kappa shape index (κ1) is 17.9. The number of aromatic hydroxyl groups is 2. The average molecular weight is 386 g/mol. The van der Waals surface area contributed by atoms with Crippen LogP contribution in [-0.4, -0.2) is 34.7 Å². The smallest absolute Gasteiger partial charge is 0.197 e. The SMILES string of the molecule is CC1C(c2c(O)cc(O)c3c(=O)cc(-c4ccccc4Cl)oc23)CCN1C. The zero-order valence-electron chi connectivity index (χ0n) is 15.1. The Balaban J connectivity index is 2.04. The van der Waals surface area contributed by atoms with E-state index in [-0.39, 0.29) is 39.9 Å². The zero-order valence-corrected chi connectivity index (χ0v) is 15.8. The second-order valence-electron chi connectivity index (χ2n) is 7.10. The van der Waals surface area contributed by atoms with E-state index in [1.807, 2.05) is 7.05 Å². The number of hydrogen-bond donors (Lipinski definition) is 2. The molecule has 1 aliphatic heterocycles. The summed E-state index contributed by atoms with van der Waals surface area (Å²) >= 11 is 6.27. The zero-order chi connectivity index (χ0) is 19.3. The fraction of sp³-hybridized carbons (Fsp3) is 0.286. The summed E-state index contributed by atoms with van der Waals surface area (Å²) in [7, 11) is 2.02. The van der Waals surface area contributed by atoms with E-state index in [0.29, 0.717) is 21.9 Å². The normalized spacial score (nSPS) is 20.4. The summed E-state index contributed by atoms with van der Waals surface area (Å²) in [5, 5.41) is 21.4. The van der Waals surface area contributed by atoms with Crippen LogP contribution in [0, 0.1) is 0 Å². The lowest BCUT2D eigenvalue weighted by atomic mass is 9.90. The second-order valence-corrected chi connectivity index (χ2v) is 7.51. The van der Waals surface area contributed by atoms with Gasteiger partial charge in [0.15, 0.2) is 5.43 Å². The molecule has 140 valence electrons. The molecule has 2 unspecified atom stereocenters. The molecule has 27 heavy (non-hydrogen) atoms. The van der Waals surface area contributed by atoms with Crippen molar-refractivity contribution in [1.82, 2.24) is 4.90 Å². The standard InChI is InChI=1S/C21H20ClNO4/c1-11-12(7-8-23(11)2)19-15(24)9-16(25)20-17(26)10-18(27-21(19)20)13-5-3-4-6-14(13)22/h3-6,9-12,24-25H,7-8H2,1-2H3. The minimum atomic E-state index is -0.371. The Labute approximate surface area is 161 Å². The van der Waals surface area contributed by atoms with E-state index in [2.05, 4.69) is 11.8 Å². The maximum Gasteiger partial charge on any atom is 0.197 e. The molecule has 0 radical (unpaired) electrons. The lowest BCUT2D eigenvalue weighted by Crippen LogP contribution is -2.25. The Kier molecular flexibility index (Phi) is 4.36. The first-order valence-electron chi connectivity index (χ1n) is 8.86. The number of phenolic OH excluding ortho intramolecular Hbond substituents is 2. The van der Waals surface area contributed by atoms with Gasteiger partial charge in [0, 0.05) is 35.2 Å². The Morgan fingerprint density at radius 3 is 2.59 bits per heavy atom. The number of halogens is 1. The summed E-state index contributed by atoms with van der Waals surface area (Å²) in [6, 6.07) is 9.81. The van der Waals surface area contributed by atoms with Gasteiger partial charge in [-0.15, -0.1) is 0 Å². The molecule has 1 saturated heterocycles. The third kappa shape index (κ3) is 2.87. The van der Waals surface area contributed by atoms with Crippen LogP contribution in [0.4, 0.5) is 0 Å². The first-order chi connectivity index (χ1) is 12.9. The molecule has 2 atom stereocenters. The molecule has 4 rings (SSSR count). The molecule has 0 spiro atoms. The van der Waals surface area contributed by atoms with Crippen molar-refractivity contribution in [3.8, 4) is 22.8 Å². The maximum atomic E-state index is 12.8. The largest absolute Gasteiger partial charge is 0.507 e. The molecule has 0 bridgehead atoms. The van der Waals surface area contributed by atoms with Gasteiger partial charge in [-0.3, -0.25) is 4.79 Å². The van der Waals surface area contributed by atoms with Gasteiger partial charge in [-0.2, -0.15) is 0 Å². The molecule has 6 heteroatoms. The monoisotopic (exact) mass is 385 g/mol. The average Bonchev–Trinajstić information content (AvgIpc) is 2.94. The number of rotatable bonds is 2. The molecule has 1 aromatic heterocycles. The third-order valence-corrected chi connectivity index (χ3v) is 5.91. The van der Waals surface area contributed by atoms with Crippen molar-refractivity contribution in [3.05, 3.63) is 57.2 Å². The summed E-state index contributed by atoms with van der Waals surface area (Å²) in [5.41, 5.74) is 1.00. The van der Waals surface area contributed by atoms with Gasteiger partial charge in [0.1, 0.15) is 28.2 Å². The van der Waals surface area contributed by atoms with Gasteiger partial charge in [-0.25, -0.2) is 0 Å². The maximum absolute atomic E-state index is 12.8. The van der Waals surface area contributed by atoms with E-state index in [1.54, 1.807) is 24.3 Å². The fourth-order valence-electron chi connectivity index (χ4n) is 3.95. The minimum absolute atomic E-state index is 0.0113. The molecular formula is C21H20ClNO4. The van der Waals surface area contributed by atoms with Gasteiger partial charge in [-0.1, -0.05) is 23.7 Å². The van der Waals surface area contributed by atoms with Crippen LogP contribution in [0.15, 0.2) is 45.6 Å². The molecule has 2 heterocycles. The van der Waals surface area contributed by atoms with Gasteiger partial charge in [0.2, 0.25) is 0 Å². The van der Waals surface area contributed by atoms with Crippen molar-refractivity contribution in [2.45, 2.75) is 25.3 Å². The predicted molar refractivity (Wildman–Crippen MR) is 106 cm³/mol. The van der Waals surface area contributed by atoms with Crippen molar-refractivity contribution in [2.24, 2.45) is 0 Å². The van der Waals surface area contributed by atoms with Crippen molar-refractivity contribution in [1.29, 1.82) is 0 Å². The van der Waals surface area contributed by atoms with E-state index in [0.717, 1.165) is 13.0 Å². The Bertz CT molecular complexity index is 1090. The number of hydrogen-bond acceptors (Lipinski definition) is 5. The molecule has 0 aliphatic carbocycles. The molecule has 3 aromatic rings. The van der Waals surface area contributed by atoms with Crippen molar-refractivity contribution in [3.63, 3.8) is 0 Å². The number of nitrogens with zero attached hydrogens (tertiary/aromatic N) is 1. The lowest BCUT2D eigenvalue weighted by Gasteiger charge is -2.22. The lowest BCUT2D eigenvalue weighted by molar-refractivity contribution is 0.315. The quantitative estimate of drug-likeness (QED) is 0.686. The summed E-state index contributed by atoms with van der Waals surface area (Å²) in [6.07, 6.45) is 0.825. The fourth-order valence-corrected chi connectivity index (χ4v) is 4.18. The summed E-state index contributed by atoms with van der Waals surface area (Å²) < 4.78 is 6.08. The molecule has 0 amide bonds. The summed E-state index contributed by atoms with van der Waals surface area (Å²) in [5.74, 6) is -0.0533. The molecule has 0 saturated carbocycles. The molecular weight excluding hydrogens is 366 g/mol. The van der Waals surface area contributed by atoms with Crippen molar-refractivity contribution < 1.29 is 14.6 Å². The minimum Gasteiger partial charge on any atom is -0.507 e. The Morgan fingerprint density at radius 2 is 1.93 bits per heavy atom. The summed E-state index contributed by atoms with van der Waals surface area (Å²) in [4.78, 5) is 15.0. The van der Waals surface area contributed by atoms with Crippen molar-refractivity contribution in [2.75, 3.05) is 13.6 Å². The number of likely N-dealkylation sites (N-methyl/N-ethyl adjacent to an activating group) is 1. The number of fused-ring (bicyclic) bond motifs is 1. The van der Waals surface area contributed by atoms with Gasteiger partial charge in [-0.05, 0) is 39.1 Å². The number of phenols is 2. The first-order valence-corrected chi connectivity index (χ1v) is 9.24. The number of likely N-dealkylation sites (tertiary alicyclic amines) is 1. The van der Waals surface area contributed by atoms with E-state index >= 15 is 0 Å². The predicted octanol–water partition coefficient (Wildman–Crippen LogP) is 4.33. The molecule has 1 fully saturated rings. The van der Waals surface area contributed by atoms with Crippen LogP contribution < -0.4 is 5.43 Å². The molecule has 5 nitrogen and oxygen atoms in total. The Hall–Kier alpha value is -2.50. The van der Waals surface area contributed by atoms with Gasteiger partial charge in [0.25, 0.3) is 0 Å². The van der Waals surface area contributed by atoms with Crippen LogP contribution >= 0.6 is 11.6 Å². The van der Waals surface area contributed by atoms with Crippen LogP contribution in [-0.2, 0) is 0 Å². The Morgan fingerprint density at radius 1 is 1.19 bits per heavy atom. The third-order valence-electron chi connectivity index (χ3n) is 5.58. The van der Waals surface area contributed by atoms with E-state index < -0.39 is 0 Å². The highest BCUT2D eigenvalue weighted by molar-refractivity contribution is 6.33. The van der Waals surface area contributed by atoms with Crippen LogP contribution in [0.2, 0.25) is 5.02 Å². The summed E-state index contributed by atoms with van der Waals surface area (Å²) in [6.45, 7) is 2.95. The highest BCUT2D eigenvalue weighted by Gasteiger charge is 2.34. The topological polar surface area (TPSA) is 73.9 Å². The van der Waals surface area contributed by atoms with Gasteiger partial charge >= 0.3 is 0 Å². The van der Waals surface area contributed by atoms with E-state index in [1.165, 1.54) is 12.1 Å². The van der Waals surface area contributed by atoms with E-state index in [4.69, 9.17) is 16.0 Å². The van der Waals surface area contributed by atoms with E-state index in [9.17, 15) is 15.0 Å². The highest BCUT2D eigenvalue weighted by Crippen LogP contribution is 2.44. The molecule has 1 aliphatic rings. The van der Waals surface area contributed by atoms with Gasteiger partial charge < -0.3 is 19.5 Å². The number of benzene rings is 2. The van der Waals surface area contributed by atoms with Crippen LogP contribution in [0.25, 0.3) is 22.3 Å². The van der Waals surface area contributed by atoms with Crippen molar-refractivity contribution >= 4 is 22.6 Å². The second kappa shape index (κ2) is 6.59. The van der Waals surface area contributed by atoms with Gasteiger partial charge in [0.05, 0.1) is 5.02 Å². The molecule has 2 aromatic carbocycles. The molecule has 2 N–H and O–H groups in total. The van der Waals surface area contributed by atoms with Crippen LogP contribution in [0.5, 0.6) is 11.5 Å². The van der Waals surface area contributed by atoms with Crippen LogP contribution in [0.1, 0.15) is 24.8 Å². The highest BCUT2D eigenvalue weighted by atomic mass is 35.5.